The average molecular weight is 1610 g/mol. The quantitative estimate of drug-likeness (QED) is 0.0386. The van der Waals surface area contributed by atoms with Crippen LogP contribution in [-0.2, 0) is 20.8 Å². The third kappa shape index (κ3) is 18.5. The smallest absolute Gasteiger partial charge is 0.319 e. The van der Waals surface area contributed by atoms with Crippen LogP contribution in [0.1, 0.15) is 42.5 Å². The molecule has 0 atom stereocenters. The van der Waals surface area contributed by atoms with Crippen LogP contribution in [0.5, 0.6) is 0 Å². The molecular weight excluding hydrogens is 1530 g/mol. The van der Waals surface area contributed by atoms with Crippen LogP contribution in [0.4, 0.5) is 50.9 Å². The van der Waals surface area contributed by atoms with Gasteiger partial charge in [0.15, 0.2) is 28.2 Å². The molecule has 0 saturated carbocycles. The molecule has 13 aromatic heterocycles. The number of benzene rings is 5. The lowest BCUT2D eigenvalue weighted by atomic mass is 10.1. The summed E-state index contributed by atoms with van der Waals surface area (Å²) >= 11 is 0. The molecule has 40 heteroatoms. The maximum atomic E-state index is 12.1. The van der Waals surface area contributed by atoms with Gasteiger partial charge in [-0.05, 0) is 123 Å². The lowest BCUT2D eigenvalue weighted by Gasteiger charge is -2.10. The zero-order valence-corrected chi connectivity index (χ0v) is 64.9. The number of fused-ring (bicyclic) bond motifs is 5. The third-order valence-electron chi connectivity index (χ3n) is 17.9. The first kappa shape index (κ1) is 79.8. The van der Waals surface area contributed by atoms with Gasteiger partial charge in [-0.25, -0.2) is 88.0 Å². The molecule has 120 heavy (non-hydrogen) atoms. The van der Waals surface area contributed by atoms with E-state index in [1.54, 1.807) is 142 Å². The lowest BCUT2D eigenvalue weighted by Crippen LogP contribution is -2.34. The van der Waals surface area contributed by atoms with Gasteiger partial charge in [0.25, 0.3) is 5.91 Å². The molecule has 0 unspecified atom stereocenters. The van der Waals surface area contributed by atoms with Crippen molar-refractivity contribution in [3.05, 3.63) is 239 Å². The number of aromatic nitrogens is 25. The Morgan fingerprint density at radius 2 is 0.800 bits per heavy atom. The highest BCUT2D eigenvalue weighted by atomic mass is 16.5. The molecule has 0 saturated heterocycles. The number of urea groups is 1. The van der Waals surface area contributed by atoms with E-state index >= 15 is 0 Å². The van der Waals surface area contributed by atoms with Crippen molar-refractivity contribution in [2.24, 2.45) is 0 Å². The van der Waals surface area contributed by atoms with Gasteiger partial charge >= 0.3 is 6.03 Å². The van der Waals surface area contributed by atoms with Crippen molar-refractivity contribution in [1.82, 2.24) is 128 Å². The van der Waals surface area contributed by atoms with Gasteiger partial charge in [-0.1, -0.05) is 30.3 Å². The van der Waals surface area contributed by atoms with E-state index in [0.29, 0.717) is 127 Å². The fourth-order valence-electron chi connectivity index (χ4n) is 11.9. The number of ether oxygens (including phenoxy) is 2. The summed E-state index contributed by atoms with van der Waals surface area (Å²) in [6, 6.07) is 42.5. The van der Waals surface area contributed by atoms with Crippen LogP contribution in [0.25, 0.3) is 106 Å². The number of hydrogen-bond donors (Lipinski definition) is 9. The second-order valence-electron chi connectivity index (χ2n) is 26.4. The Morgan fingerprint density at radius 3 is 1.18 bits per heavy atom. The summed E-state index contributed by atoms with van der Waals surface area (Å²) in [5.74, 6) is 1.54. The summed E-state index contributed by atoms with van der Waals surface area (Å²) in [6.45, 7) is 7.10. The number of hydrogen-bond acceptors (Lipinski definition) is 29. The van der Waals surface area contributed by atoms with E-state index in [2.05, 4.69) is 112 Å². The number of carbonyl (C=O) groups excluding carboxylic acids is 4. The number of methoxy groups -OCH3 is 2. The van der Waals surface area contributed by atoms with Gasteiger partial charge in [0, 0.05) is 80.5 Å². The summed E-state index contributed by atoms with van der Waals surface area (Å²) in [5.41, 5.74) is 42.4. The molecule has 602 valence electrons. The van der Waals surface area contributed by atoms with Crippen LogP contribution in [-0.4, -0.2) is 180 Å². The van der Waals surface area contributed by atoms with E-state index in [4.69, 9.17) is 38.1 Å². The van der Waals surface area contributed by atoms with Gasteiger partial charge in [0.2, 0.25) is 11.8 Å². The van der Waals surface area contributed by atoms with Crippen LogP contribution >= 0.6 is 0 Å². The number of nitrogens with one attached hydrogen (secondary N) is 4. The minimum Gasteiger partial charge on any atom is -0.384 e. The first-order valence-corrected chi connectivity index (χ1v) is 36.7. The highest BCUT2D eigenvalue weighted by Crippen LogP contribution is 2.29. The van der Waals surface area contributed by atoms with Gasteiger partial charge in [-0.3, -0.25) is 23.9 Å². The summed E-state index contributed by atoms with van der Waals surface area (Å²) in [4.78, 5) is 101. The number of imidazole rings is 2. The summed E-state index contributed by atoms with van der Waals surface area (Å²) in [7, 11) is 3.25. The molecule has 0 aliphatic carbocycles. The van der Waals surface area contributed by atoms with Crippen molar-refractivity contribution < 1.29 is 28.7 Å². The minimum absolute atomic E-state index is 0.0786. The molecule has 18 rings (SSSR count). The Labute approximate surface area is 680 Å². The van der Waals surface area contributed by atoms with E-state index < -0.39 is 0 Å². The molecule has 5 aromatic carbocycles. The van der Waals surface area contributed by atoms with Gasteiger partial charge < -0.3 is 64.0 Å². The van der Waals surface area contributed by atoms with Crippen molar-refractivity contribution in [3.8, 4) is 51.0 Å². The Kier molecular flexibility index (Phi) is 24.3. The maximum absolute atomic E-state index is 12.1. The van der Waals surface area contributed by atoms with Crippen molar-refractivity contribution >= 4 is 125 Å². The molecule has 14 N–H and O–H groups in total. The fraction of sp³-hybridized carbons (Fsp3) is 0.125. The molecule has 0 fully saturated rings. The molecule has 0 aliphatic rings. The van der Waals surface area contributed by atoms with Crippen LogP contribution in [0.2, 0.25) is 0 Å². The topological polar surface area (TPSA) is 531 Å². The van der Waals surface area contributed by atoms with E-state index in [1.165, 1.54) is 49.5 Å². The molecule has 0 spiro atoms. The van der Waals surface area contributed by atoms with Gasteiger partial charge in [-0.15, -0.1) is 0 Å². The summed E-state index contributed by atoms with van der Waals surface area (Å²) in [5, 5.41) is 36.3. The monoisotopic (exact) mass is 1610 g/mol. The third-order valence-corrected chi connectivity index (χ3v) is 17.9. The van der Waals surface area contributed by atoms with E-state index in [9.17, 15) is 19.2 Å². The van der Waals surface area contributed by atoms with Gasteiger partial charge in [0.1, 0.15) is 72.7 Å². The van der Waals surface area contributed by atoms with Crippen molar-refractivity contribution in [1.29, 1.82) is 0 Å². The highest BCUT2D eigenvalue weighted by molar-refractivity contribution is 6.03. The second kappa shape index (κ2) is 36.6. The molecule has 0 bridgehead atoms. The number of pyridine rings is 1. The number of rotatable bonds is 18. The standard InChI is InChI=1S/C17H17N7O.C17H13N7O.C16H13N7O.C15H17N7O.C15H16N6O2/c1-25-6-5-23-9-15(21-11-23)12-3-2-4-13(7-12)24-17-14(8-22-24)16(18)19-10-20-17;18-15-13-9-22-24(16(13)21-10-20-15)12-6-4-11(5-7-12)23-17(25)14-3-1-2-8-19-14;1-10(24)22-7-14(20-9-22)11-3-2-4-12(5-11)23-16-13(6-21-23)15(17)18-8-19-16;1-9(2)20-15(23)21-10-3-5-11(6-4-10)22-14-12(7-19-22)13(16)17-8-18-14;1-23-7-6-13(22)20-10-2-4-11(5-3-10)21-15-12(8-19-21)14(16)17-9-18-15/h2-4,7-11H,5-6H2,1H3,(H2,18,19,20);1-10H,(H,23,25)(H2,18,20,21);2-9H,1H3,(H2,17,18,19);3-9H,1-2H3,(H2,16,17,18)(H2,20,21,23);2-5,8-9H,6-7H2,1H3,(H,20,22)(H2,16,17,18). The van der Waals surface area contributed by atoms with Crippen molar-refractivity contribution in [3.63, 3.8) is 0 Å². The van der Waals surface area contributed by atoms with Crippen LogP contribution in [0.3, 0.4) is 0 Å². The predicted octanol–water partition coefficient (Wildman–Crippen LogP) is 9.17. The molecule has 18 aromatic rings. The average Bonchev–Trinajstić information content (AvgIpc) is 1.65. The van der Waals surface area contributed by atoms with Crippen LogP contribution in [0.15, 0.2) is 233 Å². The second-order valence-corrected chi connectivity index (χ2v) is 26.4. The SMILES string of the molecule is CC(=O)n1cnc(-c2cccc(-n3ncc4c(N)ncnc43)c2)c1.CC(C)NC(=O)Nc1ccc(-n2ncc3c(N)ncnc32)cc1.COCCC(=O)Nc1ccc(-n2ncc3c(N)ncnc32)cc1.COCCn1cnc(-c2cccc(-n3ncc4c(N)ncnc43)c2)c1.Nc1ncnc2c1cnn2-c1ccc(NC(=O)c2ccccn2)cc1. The number of nitrogens with two attached hydrogens (primary N) is 5. The molecule has 4 amide bonds. The van der Waals surface area contributed by atoms with Crippen LogP contribution < -0.4 is 49.9 Å². The number of nitrogens with zero attached hydrogens (tertiary/aromatic N) is 25. The van der Waals surface area contributed by atoms with E-state index in [0.717, 1.165) is 57.2 Å². The van der Waals surface area contributed by atoms with Crippen LogP contribution in [0, 0.1) is 0 Å². The number of carbonyl (C=O) groups is 4. The summed E-state index contributed by atoms with van der Waals surface area (Å²) < 4.78 is 21.9. The zero-order valence-electron chi connectivity index (χ0n) is 64.9. The predicted molar refractivity (Wildman–Crippen MR) is 451 cm³/mol. The number of anilines is 8. The first-order valence-electron chi connectivity index (χ1n) is 36.7. The molecule has 40 nitrogen and oxygen atoms in total. The molecule has 13 heterocycles. The largest absolute Gasteiger partial charge is 0.384 e. The first-order chi connectivity index (χ1) is 58.3. The molecule has 0 radical (unpaired) electrons. The van der Waals surface area contributed by atoms with Gasteiger partial charge in [-0.2, -0.15) is 25.5 Å². The Morgan fingerprint density at radius 1 is 0.408 bits per heavy atom. The summed E-state index contributed by atoms with van der Waals surface area (Å²) in [6.07, 6.45) is 24.2. The molecule has 0 aliphatic heterocycles. The lowest BCUT2D eigenvalue weighted by molar-refractivity contribution is -0.117. The Bertz CT molecular complexity index is 6640. The molecular formula is C80H76N34O6. The Balaban J connectivity index is 0.000000123. The number of nitrogen functional groups attached to an aromatic ring is 5. The minimum atomic E-state index is -0.265. The fourth-order valence-corrected chi connectivity index (χ4v) is 11.9. The zero-order chi connectivity index (χ0) is 83.8. The van der Waals surface area contributed by atoms with Crippen molar-refractivity contribution in [2.45, 2.75) is 39.8 Å². The number of amides is 4. The van der Waals surface area contributed by atoms with E-state index in [1.807, 2.05) is 110 Å². The van der Waals surface area contributed by atoms with E-state index in [-0.39, 0.29) is 29.8 Å². The normalized spacial score (nSPS) is 10.9. The van der Waals surface area contributed by atoms with Crippen molar-refractivity contribution in [2.75, 3.05) is 72.1 Å². The Hall–Kier alpha value is -16.8. The van der Waals surface area contributed by atoms with Gasteiger partial charge in [0.05, 0.1) is 124 Å². The highest BCUT2D eigenvalue weighted by Gasteiger charge is 2.18. The maximum Gasteiger partial charge on any atom is 0.319 e.